The third-order valence-electron chi connectivity index (χ3n) is 4.82. The summed E-state index contributed by atoms with van der Waals surface area (Å²) in [5.41, 5.74) is 0.749. The summed E-state index contributed by atoms with van der Waals surface area (Å²) in [4.78, 5) is 19.7. The molecule has 4 nitrogen and oxygen atoms in total. The first-order valence-electron chi connectivity index (χ1n) is 9.28. The summed E-state index contributed by atoms with van der Waals surface area (Å²) >= 11 is 1.59. The SMILES string of the molecule is CCCCN(C(=O)c1ccc(SC)nc1)C1CC(C)(C)NC(C)(C)C1. The van der Waals surface area contributed by atoms with Crippen LogP contribution in [0.1, 0.15) is 70.7 Å². The van der Waals surface area contributed by atoms with Crippen LogP contribution in [-0.4, -0.2) is 45.7 Å². The summed E-state index contributed by atoms with van der Waals surface area (Å²) in [6, 6.07) is 4.11. The third kappa shape index (κ3) is 5.45. The molecule has 0 bridgehead atoms. The number of pyridine rings is 1. The molecular formula is C20H33N3OS. The number of piperidine rings is 1. The fourth-order valence-corrected chi connectivity index (χ4v) is 4.42. The summed E-state index contributed by atoms with van der Waals surface area (Å²) < 4.78 is 0. The van der Waals surface area contributed by atoms with Crippen LogP contribution in [0.3, 0.4) is 0 Å². The van der Waals surface area contributed by atoms with Crippen molar-refractivity contribution < 1.29 is 4.79 Å². The molecule has 0 aromatic carbocycles. The Labute approximate surface area is 157 Å². The van der Waals surface area contributed by atoms with Gasteiger partial charge in [-0.1, -0.05) is 13.3 Å². The maximum Gasteiger partial charge on any atom is 0.255 e. The topological polar surface area (TPSA) is 45.2 Å². The van der Waals surface area contributed by atoms with Crippen molar-refractivity contribution in [2.75, 3.05) is 12.8 Å². The molecule has 0 unspecified atom stereocenters. The van der Waals surface area contributed by atoms with Gasteiger partial charge in [-0.25, -0.2) is 4.98 Å². The van der Waals surface area contributed by atoms with E-state index in [2.05, 4.69) is 49.8 Å². The van der Waals surface area contributed by atoms with E-state index in [-0.39, 0.29) is 23.0 Å². The molecule has 0 radical (unpaired) electrons. The van der Waals surface area contributed by atoms with E-state index in [0.29, 0.717) is 5.56 Å². The van der Waals surface area contributed by atoms with Gasteiger partial charge in [0, 0.05) is 29.9 Å². The van der Waals surface area contributed by atoms with Crippen molar-refractivity contribution in [3.8, 4) is 0 Å². The molecule has 0 aliphatic carbocycles. The zero-order valence-corrected chi connectivity index (χ0v) is 17.4. The van der Waals surface area contributed by atoms with Gasteiger partial charge in [0.25, 0.3) is 5.91 Å². The highest BCUT2D eigenvalue weighted by Crippen LogP contribution is 2.32. The predicted octanol–water partition coefficient (Wildman–Crippen LogP) is 4.36. The lowest BCUT2D eigenvalue weighted by atomic mass is 9.79. The first kappa shape index (κ1) is 20.2. The predicted molar refractivity (Wildman–Crippen MR) is 106 cm³/mol. The Balaban J connectivity index is 2.26. The van der Waals surface area contributed by atoms with E-state index in [4.69, 9.17) is 0 Å². The minimum Gasteiger partial charge on any atom is -0.335 e. The molecule has 140 valence electrons. The van der Waals surface area contributed by atoms with E-state index in [0.717, 1.165) is 37.3 Å². The van der Waals surface area contributed by atoms with Crippen LogP contribution in [0.25, 0.3) is 0 Å². The van der Waals surface area contributed by atoms with Gasteiger partial charge >= 0.3 is 0 Å². The van der Waals surface area contributed by atoms with Crippen LogP contribution in [0.4, 0.5) is 0 Å². The summed E-state index contributed by atoms with van der Waals surface area (Å²) in [6.45, 7) is 11.9. The van der Waals surface area contributed by atoms with Crippen LogP contribution in [0, 0.1) is 0 Å². The Morgan fingerprint density at radius 1 is 1.28 bits per heavy atom. The number of hydrogen-bond donors (Lipinski definition) is 1. The van der Waals surface area contributed by atoms with E-state index in [9.17, 15) is 4.79 Å². The van der Waals surface area contributed by atoms with E-state index < -0.39 is 0 Å². The van der Waals surface area contributed by atoms with Crippen molar-refractivity contribution in [2.45, 2.75) is 82.4 Å². The summed E-state index contributed by atoms with van der Waals surface area (Å²) in [5.74, 6) is 0.118. The fraction of sp³-hybridized carbons (Fsp3) is 0.700. The van der Waals surface area contributed by atoms with Crippen LogP contribution in [-0.2, 0) is 0 Å². The maximum atomic E-state index is 13.2. The molecule has 25 heavy (non-hydrogen) atoms. The van der Waals surface area contributed by atoms with Gasteiger partial charge in [-0.3, -0.25) is 4.79 Å². The number of carbonyl (C=O) groups is 1. The number of unbranched alkanes of at least 4 members (excludes halogenated alkanes) is 1. The minimum absolute atomic E-state index is 0.0259. The van der Waals surface area contributed by atoms with Crippen molar-refractivity contribution in [1.29, 1.82) is 0 Å². The molecule has 1 amide bonds. The first-order chi connectivity index (χ1) is 11.7. The van der Waals surface area contributed by atoms with E-state index in [1.807, 2.05) is 18.4 Å². The van der Waals surface area contributed by atoms with Crippen LogP contribution in [0.2, 0.25) is 0 Å². The number of nitrogens with zero attached hydrogens (tertiary/aromatic N) is 2. The molecule has 2 rings (SSSR count). The standard InChI is InChI=1S/C20H33N3OS/c1-7-8-11-23(16-12-19(2,3)22-20(4,5)13-16)18(24)15-9-10-17(25-6)21-14-15/h9-10,14,16,22H,7-8,11-13H2,1-6H3. The molecule has 1 aliphatic rings. The van der Waals surface area contributed by atoms with Gasteiger partial charge < -0.3 is 10.2 Å². The number of nitrogens with one attached hydrogen (secondary N) is 1. The maximum absolute atomic E-state index is 13.2. The van der Waals surface area contributed by atoms with Crippen LogP contribution >= 0.6 is 11.8 Å². The minimum atomic E-state index is 0.0259. The summed E-state index contributed by atoms with van der Waals surface area (Å²) in [5, 5.41) is 4.66. The average molecular weight is 364 g/mol. The molecule has 0 saturated carbocycles. The number of rotatable bonds is 6. The molecule has 1 fully saturated rings. The molecule has 1 N–H and O–H groups in total. The zero-order chi connectivity index (χ0) is 18.7. The third-order valence-corrected chi connectivity index (χ3v) is 5.48. The number of thioether (sulfide) groups is 1. The number of aromatic nitrogens is 1. The second kappa shape index (κ2) is 8.09. The average Bonchev–Trinajstić information content (AvgIpc) is 2.52. The number of hydrogen-bond acceptors (Lipinski definition) is 4. The fourth-order valence-electron chi connectivity index (χ4n) is 4.06. The van der Waals surface area contributed by atoms with Crippen LogP contribution < -0.4 is 5.32 Å². The number of amides is 1. The van der Waals surface area contributed by atoms with Gasteiger partial charge in [0.1, 0.15) is 0 Å². The molecular weight excluding hydrogens is 330 g/mol. The molecule has 1 saturated heterocycles. The van der Waals surface area contributed by atoms with Gasteiger partial charge in [0.15, 0.2) is 0 Å². The van der Waals surface area contributed by atoms with Gasteiger partial charge in [-0.2, -0.15) is 0 Å². The summed E-state index contributed by atoms with van der Waals surface area (Å²) in [7, 11) is 0. The molecule has 2 heterocycles. The highest BCUT2D eigenvalue weighted by Gasteiger charge is 2.41. The van der Waals surface area contributed by atoms with Gasteiger partial charge in [0.05, 0.1) is 10.6 Å². The van der Waals surface area contributed by atoms with Gasteiger partial charge in [-0.05, 0) is 65.3 Å². The smallest absolute Gasteiger partial charge is 0.255 e. The lowest BCUT2D eigenvalue weighted by Gasteiger charge is -2.49. The van der Waals surface area contributed by atoms with Crippen molar-refractivity contribution in [3.63, 3.8) is 0 Å². The molecule has 0 atom stereocenters. The van der Waals surface area contributed by atoms with Crippen molar-refractivity contribution in [2.24, 2.45) is 0 Å². The molecule has 5 heteroatoms. The largest absolute Gasteiger partial charge is 0.335 e. The Hall–Kier alpha value is -1.07. The Kier molecular flexibility index (Phi) is 6.55. The normalized spacial score (nSPS) is 19.6. The summed E-state index contributed by atoms with van der Waals surface area (Å²) in [6.07, 6.45) is 7.80. The van der Waals surface area contributed by atoms with E-state index >= 15 is 0 Å². The second-order valence-corrected chi connectivity index (χ2v) is 9.22. The lowest BCUT2D eigenvalue weighted by Crippen LogP contribution is -2.62. The monoisotopic (exact) mass is 363 g/mol. The van der Waals surface area contributed by atoms with Crippen molar-refractivity contribution in [1.82, 2.24) is 15.2 Å². The molecule has 1 aromatic heterocycles. The van der Waals surface area contributed by atoms with Crippen LogP contribution in [0.5, 0.6) is 0 Å². The first-order valence-corrected chi connectivity index (χ1v) is 10.5. The quantitative estimate of drug-likeness (QED) is 0.763. The molecule has 1 aliphatic heterocycles. The Bertz CT molecular complexity index is 567. The highest BCUT2D eigenvalue weighted by molar-refractivity contribution is 7.98. The van der Waals surface area contributed by atoms with Crippen LogP contribution in [0.15, 0.2) is 23.4 Å². The highest BCUT2D eigenvalue weighted by atomic mass is 32.2. The van der Waals surface area contributed by atoms with Crippen molar-refractivity contribution in [3.05, 3.63) is 23.9 Å². The van der Waals surface area contributed by atoms with E-state index in [1.54, 1.807) is 18.0 Å². The van der Waals surface area contributed by atoms with E-state index in [1.165, 1.54) is 0 Å². The number of carbonyl (C=O) groups excluding carboxylic acids is 1. The van der Waals surface area contributed by atoms with Gasteiger partial charge in [0.2, 0.25) is 0 Å². The lowest BCUT2D eigenvalue weighted by molar-refractivity contribution is 0.0441. The van der Waals surface area contributed by atoms with Gasteiger partial charge in [-0.15, -0.1) is 11.8 Å². The van der Waals surface area contributed by atoms with Crippen molar-refractivity contribution >= 4 is 17.7 Å². The Morgan fingerprint density at radius 2 is 1.92 bits per heavy atom. The molecule has 1 aromatic rings. The zero-order valence-electron chi connectivity index (χ0n) is 16.6. The Morgan fingerprint density at radius 3 is 2.40 bits per heavy atom. The second-order valence-electron chi connectivity index (χ2n) is 8.40. The molecule has 0 spiro atoms.